The Morgan fingerprint density at radius 3 is 1.46 bits per heavy atom. The molecule has 1 nitrogen and oxygen atoms in total. The minimum absolute atomic E-state index is 0.740. The van der Waals surface area contributed by atoms with Crippen molar-refractivity contribution in [1.29, 1.82) is 0 Å². The van der Waals surface area contributed by atoms with Crippen LogP contribution in [0.3, 0.4) is 0 Å². The topological polar surface area (TPSA) is 9.23 Å². The number of rotatable bonds is 7. The average Bonchev–Trinajstić information content (AvgIpc) is 2.17. The molecule has 0 aliphatic heterocycles. The maximum absolute atomic E-state index is 4.98. The molecule has 0 aromatic rings. The van der Waals surface area contributed by atoms with Crippen LogP contribution in [0.25, 0.3) is 0 Å². The molecule has 0 spiro atoms. The van der Waals surface area contributed by atoms with Gasteiger partial charge >= 0.3 is 0 Å². The fourth-order valence-corrected chi connectivity index (χ4v) is 0.989. The van der Waals surface area contributed by atoms with Gasteiger partial charge in [0.25, 0.3) is 0 Å². The smallest absolute Gasteiger partial charge is 0.0554 e. The minimum Gasteiger partial charge on any atom is -0.380 e. The first-order chi connectivity index (χ1) is 6.33. The SMILES string of the molecule is CCCCCC.SCCOCCS. The van der Waals surface area contributed by atoms with Crippen LogP contribution in [-0.2, 0) is 4.74 Å². The van der Waals surface area contributed by atoms with Gasteiger partial charge in [-0.1, -0.05) is 39.5 Å². The van der Waals surface area contributed by atoms with Crippen LogP contribution in [0.15, 0.2) is 0 Å². The van der Waals surface area contributed by atoms with E-state index in [9.17, 15) is 0 Å². The fourth-order valence-electron chi connectivity index (χ4n) is 0.731. The predicted molar refractivity (Wildman–Crippen MR) is 68.3 cm³/mol. The van der Waals surface area contributed by atoms with E-state index >= 15 is 0 Å². The highest BCUT2D eigenvalue weighted by molar-refractivity contribution is 7.80. The molecule has 0 bridgehead atoms. The Morgan fingerprint density at radius 1 is 0.846 bits per heavy atom. The van der Waals surface area contributed by atoms with Gasteiger partial charge in [-0.25, -0.2) is 0 Å². The summed E-state index contributed by atoms with van der Waals surface area (Å²) < 4.78 is 4.98. The molecular formula is C10H24OS2. The van der Waals surface area contributed by atoms with Crippen molar-refractivity contribution in [2.45, 2.75) is 39.5 Å². The first-order valence-corrected chi connectivity index (χ1v) is 6.39. The van der Waals surface area contributed by atoms with Gasteiger partial charge < -0.3 is 4.74 Å². The molecule has 82 valence electrons. The van der Waals surface area contributed by atoms with Gasteiger partial charge in [0, 0.05) is 11.5 Å². The molecule has 0 aromatic carbocycles. The van der Waals surface area contributed by atoms with Gasteiger partial charge in [0.1, 0.15) is 0 Å². The summed E-state index contributed by atoms with van der Waals surface area (Å²) in [6.07, 6.45) is 5.54. The summed E-state index contributed by atoms with van der Waals surface area (Å²) in [5.74, 6) is 1.60. The lowest BCUT2D eigenvalue weighted by atomic mass is 10.2. The Kier molecular flexibility index (Phi) is 22.8. The van der Waals surface area contributed by atoms with Crippen LogP contribution in [0.5, 0.6) is 0 Å². The molecule has 0 aliphatic carbocycles. The van der Waals surface area contributed by atoms with Crippen LogP contribution < -0.4 is 0 Å². The third-order valence-electron chi connectivity index (χ3n) is 1.43. The molecule has 0 radical (unpaired) electrons. The summed E-state index contributed by atoms with van der Waals surface area (Å²) in [5, 5.41) is 0. The molecular weight excluding hydrogens is 200 g/mol. The second kappa shape index (κ2) is 18.4. The monoisotopic (exact) mass is 224 g/mol. The van der Waals surface area contributed by atoms with E-state index in [0.29, 0.717) is 0 Å². The van der Waals surface area contributed by atoms with Gasteiger partial charge in [0.05, 0.1) is 13.2 Å². The Balaban J connectivity index is 0. The second-order valence-corrected chi connectivity index (χ2v) is 3.66. The van der Waals surface area contributed by atoms with Gasteiger partial charge in [0.15, 0.2) is 0 Å². The summed E-state index contributed by atoms with van der Waals surface area (Å²) in [6, 6.07) is 0. The highest BCUT2D eigenvalue weighted by Crippen LogP contribution is 1.95. The summed E-state index contributed by atoms with van der Waals surface area (Å²) in [4.78, 5) is 0. The average molecular weight is 224 g/mol. The Hall–Kier alpha value is 0.660. The maximum Gasteiger partial charge on any atom is 0.0554 e. The lowest BCUT2D eigenvalue weighted by Gasteiger charge is -1.94. The zero-order chi connectivity index (χ0) is 10.4. The minimum atomic E-state index is 0.740. The number of thiol groups is 2. The van der Waals surface area contributed by atoms with Crippen molar-refractivity contribution in [2.24, 2.45) is 0 Å². The highest BCUT2D eigenvalue weighted by atomic mass is 32.1. The normalized spacial score (nSPS) is 9.23. The van der Waals surface area contributed by atoms with Crippen LogP contribution in [-0.4, -0.2) is 24.7 Å². The van der Waals surface area contributed by atoms with E-state index in [0.717, 1.165) is 24.7 Å². The molecule has 0 heterocycles. The van der Waals surface area contributed by atoms with Crippen LogP contribution in [0.2, 0.25) is 0 Å². The van der Waals surface area contributed by atoms with Crippen molar-refractivity contribution in [3.8, 4) is 0 Å². The van der Waals surface area contributed by atoms with Crippen molar-refractivity contribution in [3.05, 3.63) is 0 Å². The van der Waals surface area contributed by atoms with E-state index in [4.69, 9.17) is 4.74 Å². The lowest BCUT2D eigenvalue weighted by Crippen LogP contribution is -1.97. The predicted octanol–water partition coefficient (Wildman–Crippen LogP) is 3.45. The van der Waals surface area contributed by atoms with Crippen molar-refractivity contribution < 1.29 is 4.74 Å². The third kappa shape index (κ3) is 24.5. The van der Waals surface area contributed by atoms with E-state index < -0.39 is 0 Å². The highest BCUT2D eigenvalue weighted by Gasteiger charge is 1.78. The van der Waals surface area contributed by atoms with Crippen LogP contribution in [0, 0.1) is 0 Å². The van der Waals surface area contributed by atoms with E-state index in [1.54, 1.807) is 0 Å². The number of ether oxygens (including phenoxy) is 1. The molecule has 0 N–H and O–H groups in total. The van der Waals surface area contributed by atoms with Gasteiger partial charge in [-0.05, 0) is 0 Å². The quantitative estimate of drug-likeness (QED) is 0.497. The summed E-state index contributed by atoms with van der Waals surface area (Å²) in [7, 11) is 0. The van der Waals surface area contributed by atoms with E-state index in [1.165, 1.54) is 25.7 Å². The van der Waals surface area contributed by atoms with E-state index in [1.807, 2.05) is 0 Å². The molecule has 0 saturated carbocycles. The molecule has 0 amide bonds. The van der Waals surface area contributed by atoms with Crippen molar-refractivity contribution in [1.82, 2.24) is 0 Å². The molecule has 3 heteroatoms. The Labute approximate surface area is 94.5 Å². The van der Waals surface area contributed by atoms with Crippen molar-refractivity contribution in [2.75, 3.05) is 24.7 Å². The maximum atomic E-state index is 4.98. The molecule has 0 unspecified atom stereocenters. The van der Waals surface area contributed by atoms with Crippen molar-refractivity contribution >= 4 is 25.3 Å². The van der Waals surface area contributed by atoms with Crippen LogP contribution >= 0.6 is 25.3 Å². The first-order valence-electron chi connectivity index (χ1n) is 5.12. The number of hydrogen-bond donors (Lipinski definition) is 2. The fraction of sp³-hybridized carbons (Fsp3) is 1.00. The Bertz CT molecular complexity index is 61.9. The zero-order valence-electron chi connectivity index (χ0n) is 8.96. The molecule has 13 heavy (non-hydrogen) atoms. The molecule has 0 saturated heterocycles. The van der Waals surface area contributed by atoms with Crippen LogP contribution in [0.4, 0.5) is 0 Å². The summed E-state index contributed by atoms with van der Waals surface area (Å²) in [6.45, 7) is 5.94. The standard InChI is InChI=1S/C6H14.C4H10OS2/c1-3-5-6-4-2;6-3-1-5-2-4-7/h3-6H2,1-2H3;6-7H,1-4H2. The largest absolute Gasteiger partial charge is 0.380 e. The molecule has 0 aliphatic rings. The second-order valence-electron chi connectivity index (χ2n) is 2.77. The summed E-state index contributed by atoms with van der Waals surface area (Å²) >= 11 is 7.89. The van der Waals surface area contributed by atoms with Gasteiger partial charge in [-0.15, -0.1) is 0 Å². The van der Waals surface area contributed by atoms with E-state index in [2.05, 4.69) is 39.1 Å². The lowest BCUT2D eigenvalue weighted by molar-refractivity contribution is 0.167. The third-order valence-corrected chi connectivity index (χ3v) is 1.79. The van der Waals surface area contributed by atoms with Gasteiger partial charge in [-0.2, -0.15) is 25.3 Å². The first kappa shape index (κ1) is 16.1. The Morgan fingerprint density at radius 2 is 1.23 bits per heavy atom. The van der Waals surface area contributed by atoms with Crippen LogP contribution in [0.1, 0.15) is 39.5 Å². The van der Waals surface area contributed by atoms with Gasteiger partial charge in [0.2, 0.25) is 0 Å². The molecule has 0 fully saturated rings. The number of unbranched alkanes of at least 4 members (excludes halogenated alkanes) is 3. The summed E-state index contributed by atoms with van der Waals surface area (Å²) in [5.41, 5.74) is 0. The molecule has 0 atom stereocenters. The molecule has 0 aromatic heterocycles. The van der Waals surface area contributed by atoms with Crippen molar-refractivity contribution in [3.63, 3.8) is 0 Å². The van der Waals surface area contributed by atoms with E-state index in [-0.39, 0.29) is 0 Å². The van der Waals surface area contributed by atoms with Gasteiger partial charge in [-0.3, -0.25) is 0 Å². The zero-order valence-corrected chi connectivity index (χ0v) is 10.7. The molecule has 0 rings (SSSR count). The number of hydrogen-bond acceptors (Lipinski definition) is 3.